The molecule has 1 saturated heterocycles. The van der Waals surface area contributed by atoms with Crippen molar-refractivity contribution in [3.05, 3.63) is 28.3 Å². The van der Waals surface area contributed by atoms with Crippen LogP contribution in [0.1, 0.15) is 13.3 Å². The van der Waals surface area contributed by atoms with Crippen molar-refractivity contribution in [2.45, 2.75) is 13.3 Å². The van der Waals surface area contributed by atoms with E-state index >= 15 is 0 Å². The first-order chi connectivity index (χ1) is 9.24. The Morgan fingerprint density at radius 3 is 2.79 bits per heavy atom. The molecule has 1 aliphatic rings. The van der Waals surface area contributed by atoms with Crippen LogP contribution in [0.4, 0.5) is 17.1 Å². The molecule has 1 aromatic rings. The summed E-state index contributed by atoms with van der Waals surface area (Å²) >= 11 is 1.90. The van der Waals surface area contributed by atoms with Crippen molar-refractivity contribution in [1.82, 2.24) is 0 Å². The molecule has 0 bridgehead atoms. The van der Waals surface area contributed by atoms with Gasteiger partial charge in [0.25, 0.3) is 0 Å². The van der Waals surface area contributed by atoms with Crippen LogP contribution in [-0.4, -0.2) is 36.1 Å². The first kappa shape index (κ1) is 14.0. The highest BCUT2D eigenvalue weighted by Crippen LogP contribution is 2.36. The average molecular weight is 281 g/mol. The SMILES string of the molecule is CCCNc1cccc(N2CCSCC2)c1[N+](=O)[O-]. The highest BCUT2D eigenvalue weighted by molar-refractivity contribution is 7.99. The second-order valence-corrected chi connectivity index (χ2v) is 5.68. The van der Waals surface area contributed by atoms with Gasteiger partial charge in [-0.05, 0) is 18.6 Å². The number of anilines is 2. The van der Waals surface area contributed by atoms with Crippen LogP contribution >= 0.6 is 11.8 Å². The molecule has 0 atom stereocenters. The molecule has 6 heteroatoms. The maximum absolute atomic E-state index is 11.4. The second kappa shape index (κ2) is 6.65. The number of hydrogen-bond acceptors (Lipinski definition) is 5. The first-order valence-electron chi connectivity index (χ1n) is 6.58. The molecule has 1 heterocycles. The Balaban J connectivity index is 2.32. The van der Waals surface area contributed by atoms with Crippen LogP contribution in [0.15, 0.2) is 18.2 Å². The highest BCUT2D eigenvalue weighted by atomic mass is 32.2. The van der Waals surface area contributed by atoms with Crippen molar-refractivity contribution in [2.75, 3.05) is 41.4 Å². The van der Waals surface area contributed by atoms with E-state index in [2.05, 4.69) is 10.2 Å². The normalized spacial score (nSPS) is 15.3. The van der Waals surface area contributed by atoms with Crippen LogP contribution in [0.3, 0.4) is 0 Å². The second-order valence-electron chi connectivity index (χ2n) is 4.46. The van der Waals surface area contributed by atoms with Crippen LogP contribution in [0, 0.1) is 10.1 Å². The molecule has 1 aromatic carbocycles. The Labute approximate surface area is 117 Å². The lowest BCUT2D eigenvalue weighted by Crippen LogP contribution is -2.33. The zero-order chi connectivity index (χ0) is 13.7. The van der Waals surface area contributed by atoms with Gasteiger partial charge in [-0.3, -0.25) is 10.1 Å². The largest absolute Gasteiger partial charge is 0.379 e. The van der Waals surface area contributed by atoms with Gasteiger partial charge in [-0.1, -0.05) is 13.0 Å². The van der Waals surface area contributed by atoms with Crippen molar-refractivity contribution in [1.29, 1.82) is 0 Å². The molecule has 0 saturated carbocycles. The lowest BCUT2D eigenvalue weighted by molar-refractivity contribution is -0.383. The van der Waals surface area contributed by atoms with Gasteiger partial charge in [-0.2, -0.15) is 11.8 Å². The molecule has 0 aromatic heterocycles. The highest BCUT2D eigenvalue weighted by Gasteiger charge is 2.24. The molecule has 104 valence electrons. The molecule has 0 spiro atoms. The number of thioether (sulfide) groups is 1. The number of nitrogens with one attached hydrogen (secondary N) is 1. The van der Waals surface area contributed by atoms with Gasteiger partial charge in [0, 0.05) is 31.1 Å². The minimum Gasteiger partial charge on any atom is -0.379 e. The first-order valence-corrected chi connectivity index (χ1v) is 7.73. The topological polar surface area (TPSA) is 58.4 Å². The Morgan fingerprint density at radius 2 is 2.16 bits per heavy atom. The van der Waals surface area contributed by atoms with E-state index in [1.54, 1.807) is 6.07 Å². The zero-order valence-electron chi connectivity index (χ0n) is 11.1. The third kappa shape index (κ3) is 3.32. The van der Waals surface area contributed by atoms with Crippen molar-refractivity contribution < 1.29 is 4.92 Å². The summed E-state index contributed by atoms with van der Waals surface area (Å²) in [6, 6.07) is 5.53. The number of rotatable bonds is 5. The molecule has 0 unspecified atom stereocenters. The Bertz CT molecular complexity index is 448. The van der Waals surface area contributed by atoms with Crippen molar-refractivity contribution in [3.8, 4) is 0 Å². The zero-order valence-corrected chi connectivity index (χ0v) is 11.9. The lowest BCUT2D eigenvalue weighted by atomic mass is 10.2. The molecule has 19 heavy (non-hydrogen) atoms. The van der Waals surface area contributed by atoms with E-state index in [1.807, 2.05) is 30.8 Å². The summed E-state index contributed by atoms with van der Waals surface area (Å²) < 4.78 is 0. The van der Waals surface area contributed by atoms with E-state index in [9.17, 15) is 10.1 Å². The van der Waals surface area contributed by atoms with E-state index in [0.717, 1.165) is 43.2 Å². The van der Waals surface area contributed by atoms with Gasteiger partial charge in [0.2, 0.25) is 0 Å². The van der Waals surface area contributed by atoms with Crippen LogP contribution in [-0.2, 0) is 0 Å². The maximum atomic E-state index is 11.4. The summed E-state index contributed by atoms with van der Waals surface area (Å²) in [5.41, 5.74) is 1.58. The van der Waals surface area contributed by atoms with E-state index < -0.39 is 0 Å². The van der Waals surface area contributed by atoms with Crippen molar-refractivity contribution in [2.24, 2.45) is 0 Å². The number of nitrogens with zero attached hydrogens (tertiary/aromatic N) is 2. The summed E-state index contributed by atoms with van der Waals surface area (Å²) in [7, 11) is 0. The predicted octanol–water partition coefficient (Wildman–Crippen LogP) is 2.97. The fraction of sp³-hybridized carbons (Fsp3) is 0.538. The molecular weight excluding hydrogens is 262 g/mol. The van der Waals surface area contributed by atoms with Gasteiger partial charge in [0.1, 0.15) is 11.4 Å². The molecule has 5 nitrogen and oxygen atoms in total. The number of nitro groups is 1. The van der Waals surface area contributed by atoms with E-state index in [4.69, 9.17) is 0 Å². The Hall–Kier alpha value is -1.43. The van der Waals surface area contributed by atoms with Gasteiger partial charge in [-0.15, -0.1) is 0 Å². The van der Waals surface area contributed by atoms with E-state index in [0.29, 0.717) is 5.69 Å². The summed E-state index contributed by atoms with van der Waals surface area (Å²) in [6.07, 6.45) is 0.946. The van der Waals surface area contributed by atoms with Gasteiger partial charge in [0.15, 0.2) is 0 Å². The predicted molar refractivity (Wildman–Crippen MR) is 81.4 cm³/mol. The van der Waals surface area contributed by atoms with Crippen LogP contribution < -0.4 is 10.2 Å². The Kier molecular flexibility index (Phi) is 4.90. The average Bonchev–Trinajstić information content (AvgIpc) is 2.45. The minimum atomic E-state index is -0.269. The van der Waals surface area contributed by atoms with Gasteiger partial charge in [-0.25, -0.2) is 0 Å². The van der Waals surface area contributed by atoms with Gasteiger partial charge < -0.3 is 10.2 Å². The fourth-order valence-corrected chi connectivity index (χ4v) is 3.09. The lowest BCUT2D eigenvalue weighted by Gasteiger charge is -2.28. The maximum Gasteiger partial charge on any atom is 0.315 e. The molecule has 1 fully saturated rings. The fourth-order valence-electron chi connectivity index (χ4n) is 2.18. The summed E-state index contributed by atoms with van der Waals surface area (Å²) in [5.74, 6) is 2.06. The molecule has 0 radical (unpaired) electrons. The van der Waals surface area contributed by atoms with Crippen LogP contribution in [0.2, 0.25) is 0 Å². The summed E-state index contributed by atoms with van der Waals surface area (Å²) in [5, 5.41) is 14.5. The molecular formula is C13H19N3O2S. The van der Waals surface area contributed by atoms with Crippen LogP contribution in [0.5, 0.6) is 0 Å². The smallest absolute Gasteiger partial charge is 0.315 e. The van der Waals surface area contributed by atoms with Crippen molar-refractivity contribution in [3.63, 3.8) is 0 Å². The van der Waals surface area contributed by atoms with Gasteiger partial charge >= 0.3 is 5.69 Å². The third-order valence-corrected chi connectivity index (χ3v) is 4.06. The summed E-state index contributed by atoms with van der Waals surface area (Å²) in [6.45, 7) is 4.55. The number of nitro benzene ring substituents is 1. The third-order valence-electron chi connectivity index (χ3n) is 3.11. The molecule has 0 amide bonds. The minimum absolute atomic E-state index is 0.211. The monoisotopic (exact) mass is 281 g/mol. The van der Waals surface area contributed by atoms with Gasteiger partial charge in [0.05, 0.1) is 4.92 Å². The quantitative estimate of drug-likeness (QED) is 0.664. The molecule has 1 N–H and O–H groups in total. The number of hydrogen-bond donors (Lipinski definition) is 1. The molecule has 1 aliphatic heterocycles. The summed E-state index contributed by atoms with van der Waals surface area (Å²) in [4.78, 5) is 13.2. The van der Waals surface area contributed by atoms with Crippen molar-refractivity contribution >= 4 is 28.8 Å². The number of benzene rings is 1. The molecule has 2 rings (SSSR count). The van der Waals surface area contributed by atoms with Crippen LogP contribution in [0.25, 0.3) is 0 Å². The number of para-hydroxylation sites is 1. The van der Waals surface area contributed by atoms with E-state index in [-0.39, 0.29) is 10.6 Å². The Morgan fingerprint density at radius 1 is 1.42 bits per heavy atom. The van der Waals surface area contributed by atoms with E-state index in [1.165, 1.54) is 0 Å². The standard InChI is InChI=1S/C13H19N3O2S/c1-2-6-14-11-4-3-5-12(13(11)16(17)18)15-7-9-19-10-8-15/h3-5,14H,2,6-10H2,1H3. The molecule has 0 aliphatic carbocycles.